The third-order valence-electron chi connectivity index (χ3n) is 4.64. The molecule has 1 nitrogen and oxygen atoms in total. The van der Waals surface area contributed by atoms with Crippen LogP contribution in [0.4, 0.5) is 0 Å². The van der Waals surface area contributed by atoms with E-state index in [9.17, 15) is 0 Å². The Morgan fingerprint density at radius 2 is 2.06 bits per heavy atom. The molecule has 2 atom stereocenters. The summed E-state index contributed by atoms with van der Waals surface area (Å²) in [7, 11) is 2.21. The highest BCUT2D eigenvalue weighted by molar-refractivity contribution is 5.37. The number of piperidine rings is 1. The topological polar surface area (TPSA) is 3.24 Å². The van der Waals surface area contributed by atoms with Crippen LogP contribution in [0.15, 0.2) is 24.3 Å². The van der Waals surface area contributed by atoms with Crippen LogP contribution in [0.5, 0.6) is 0 Å². The Morgan fingerprint density at radius 1 is 1.24 bits per heavy atom. The lowest BCUT2D eigenvalue weighted by Crippen LogP contribution is -2.42. The molecule has 1 aromatic rings. The second-order valence-electron chi connectivity index (χ2n) is 5.70. The van der Waals surface area contributed by atoms with Crippen LogP contribution >= 0.6 is 0 Å². The molecule has 0 spiro atoms. The summed E-state index contributed by atoms with van der Waals surface area (Å²) < 4.78 is 0. The van der Waals surface area contributed by atoms with Gasteiger partial charge < -0.3 is 0 Å². The summed E-state index contributed by atoms with van der Waals surface area (Å²) in [6.45, 7) is 6.02. The molecule has 3 fully saturated rings. The van der Waals surface area contributed by atoms with Crippen molar-refractivity contribution >= 4 is 0 Å². The number of rotatable bonds is 1. The van der Waals surface area contributed by atoms with E-state index in [1.54, 1.807) is 0 Å². The maximum atomic E-state index is 3.78. The summed E-state index contributed by atoms with van der Waals surface area (Å²) >= 11 is 0. The standard InChI is InChI=1S/C16H21N/c1-13-6-3-4-8-15(13)16-10-5-7-14(9-11-16)17(2)12-16/h3-4,6,8,14H,5,7,9-11H2,1-2H3. The molecule has 4 rings (SSSR count). The maximum Gasteiger partial charge on any atom is 0.0731 e. The lowest BCUT2D eigenvalue weighted by molar-refractivity contribution is 0.185. The number of aryl methyl sites for hydroxylation is 1. The van der Waals surface area contributed by atoms with Gasteiger partial charge in [0.15, 0.2) is 0 Å². The van der Waals surface area contributed by atoms with Crippen molar-refractivity contribution in [2.24, 2.45) is 0 Å². The maximum absolute atomic E-state index is 3.78. The molecule has 2 heterocycles. The molecule has 90 valence electrons. The number of hydrogen-bond acceptors (Lipinski definition) is 1. The van der Waals surface area contributed by atoms with Crippen LogP contribution in [0, 0.1) is 13.5 Å². The van der Waals surface area contributed by atoms with Crippen molar-refractivity contribution in [2.45, 2.75) is 50.5 Å². The fraction of sp³-hybridized carbons (Fsp3) is 0.562. The smallest absolute Gasteiger partial charge is 0.0731 e. The number of likely N-dealkylation sites (N-methyl/N-ethyl adjacent to an activating group) is 1. The molecule has 1 heteroatoms. The van der Waals surface area contributed by atoms with Gasteiger partial charge in [0.1, 0.15) is 0 Å². The zero-order valence-electron chi connectivity index (χ0n) is 10.9. The minimum Gasteiger partial charge on any atom is -0.293 e. The van der Waals surface area contributed by atoms with Gasteiger partial charge in [0, 0.05) is 11.5 Å². The van der Waals surface area contributed by atoms with Crippen molar-refractivity contribution in [3.05, 3.63) is 41.9 Å². The van der Waals surface area contributed by atoms with Gasteiger partial charge in [-0.1, -0.05) is 30.7 Å². The van der Waals surface area contributed by atoms with E-state index in [0.29, 0.717) is 0 Å². The molecule has 0 N–H and O–H groups in total. The fourth-order valence-electron chi connectivity index (χ4n) is 3.69. The van der Waals surface area contributed by atoms with E-state index in [1.165, 1.54) is 43.2 Å². The van der Waals surface area contributed by atoms with Crippen molar-refractivity contribution in [3.8, 4) is 0 Å². The number of hydrogen-bond donors (Lipinski definition) is 0. The summed E-state index contributed by atoms with van der Waals surface area (Å²) in [5.74, 6) is 0. The molecule has 0 aromatic heterocycles. The van der Waals surface area contributed by atoms with Crippen LogP contribution in [0.25, 0.3) is 0 Å². The largest absolute Gasteiger partial charge is 0.293 e. The Morgan fingerprint density at radius 3 is 2.82 bits per heavy atom. The molecule has 2 unspecified atom stereocenters. The normalized spacial score (nSPS) is 33.6. The first-order chi connectivity index (χ1) is 8.21. The van der Waals surface area contributed by atoms with Crippen molar-refractivity contribution in [2.75, 3.05) is 7.05 Å². The second kappa shape index (κ2) is 4.13. The van der Waals surface area contributed by atoms with Crippen LogP contribution in [-0.2, 0) is 5.41 Å². The van der Waals surface area contributed by atoms with Gasteiger partial charge in [-0.2, -0.15) is 0 Å². The van der Waals surface area contributed by atoms with Crippen LogP contribution < -0.4 is 0 Å². The average molecular weight is 227 g/mol. The predicted molar refractivity (Wildman–Crippen MR) is 70.7 cm³/mol. The zero-order chi connectivity index (χ0) is 11.9. The second-order valence-corrected chi connectivity index (χ2v) is 5.70. The zero-order valence-corrected chi connectivity index (χ0v) is 10.9. The lowest BCUT2D eigenvalue weighted by atomic mass is 9.71. The predicted octanol–water partition coefficient (Wildman–Crippen LogP) is 3.55. The quantitative estimate of drug-likeness (QED) is 0.709. The SMILES string of the molecule is Cc1ccccc1C12[C]N(C)C(CCC1)CC2. The molecule has 2 radical (unpaired) electrons. The van der Waals surface area contributed by atoms with E-state index in [4.69, 9.17) is 0 Å². The van der Waals surface area contributed by atoms with Gasteiger partial charge in [-0.3, -0.25) is 4.90 Å². The summed E-state index contributed by atoms with van der Waals surface area (Å²) in [6, 6.07) is 9.61. The summed E-state index contributed by atoms with van der Waals surface area (Å²) in [4.78, 5) is 2.36. The molecule has 2 bridgehead atoms. The van der Waals surface area contributed by atoms with Gasteiger partial charge in [-0.25, -0.2) is 0 Å². The minimum atomic E-state index is 0.201. The van der Waals surface area contributed by atoms with Crippen molar-refractivity contribution < 1.29 is 0 Å². The van der Waals surface area contributed by atoms with Crippen LogP contribution in [0.2, 0.25) is 0 Å². The highest BCUT2D eigenvalue weighted by Gasteiger charge is 2.43. The molecular formula is C16H21N. The molecule has 2 saturated heterocycles. The van der Waals surface area contributed by atoms with Gasteiger partial charge in [-0.15, -0.1) is 0 Å². The van der Waals surface area contributed by atoms with E-state index >= 15 is 0 Å². The van der Waals surface area contributed by atoms with Crippen molar-refractivity contribution in [3.63, 3.8) is 0 Å². The van der Waals surface area contributed by atoms with Crippen molar-refractivity contribution in [1.82, 2.24) is 4.90 Å². The number of nitrogens with zero attached hydrogens (tertiary/aromatic N) is 1. The third kappa shape index (κ3) is 1.81. The highest BCUT2D eigenvalue weighted by Crippen LogP contribution is 2.47. The summed E-state index contributed by atoms with van der Waals surface area (Å²) in [6.07, 6.45) is 6.58. The Balaban J connectivity index is 2.02. The van der Waals surface area contributed by atoms with Gasteiger partial charge >= 0.3 is 0 Å². The molecule has 1 aromatic carbocycles. The molecule has 2 aliphatic heterocycles. The van der Waals surface area contributed by atoms with Gasteiger partial charge in [0.25, 0.3) is 0 Å². The number of fused-ring (bicyclic) bond motifs is 4. The third-order valence-corrected chi connectivity index (χ3v) is 4.64. The van der Waals surface area contributed by atoms with Crippen LogP contribution in [0.3, 0.4) is 0 Å². The van der Waals surface area contributed by atoms with Gasteiger partial charge in [0.05, 0.1) is 6.54 Å². The van der Waals surface area contributed by atoms with E-state index in [1.807, 2.05) is 0 Å². The first-order valence-corrected chi connectivity index (χ1v) is 6.78. The Labute approximate surface area is 105 Å². The van der Waals surface area contributed by atoms with E-state index in [-0.39, 0.29) is 5.41 Å². The minimum absolute atomic E-state index is 0.201. The van der Waals surface area contributed by atoms with E-state index in [2.05, 4.69) is 49.7 Å². The Kier molecular flexibility index (Phi) is 2.74. The first kappa shape index (κ1) is 11.3. The lowest BCUT2D eigenvalue weighted by Gasteiger charge is -2.42. The molecular weight excluding hydrogens is 206 g/mol. The molecule has 0 amide bonds. The van der Waals surface area contributed by atoms with E-state index < -0.39 is 0 Å². The molecule has 1 saturated carbocycles. The highest BCUT2D eigenvalue weighted by atomic mass is 15.1. The molecule has 17 heavy (non-hydrogen) atoms. The van der Waals surface area contributed by atoms with Crippen LogP contribution in [0.1, 0.15) is 43.2 Å². The Hall–Kier alpha value is -0.820. The van der Waals surface area contributed by atoms with Crippen molar-refractivity contribution in [1.29, 1.82) is 0 Å². The summed E-state index contributed by atoms with van der Waals surface area (Å²) in [5.41, 5.74) is 3.13. The Bertz CT molecular complexity index is 408. The molecule has 3 aliphatic rings. The molecule has 1 aliphatic carbocycles. The van der Waals surface area contributed by atoms with Crippen LogP contribution in [-0.4, -0.2) is 18.0 Å². The summed E-state index contributed by atoms with van der Waals surface area (Å²) in [5, 5.41) is 0. The number of benzene rings is 1. The fourth-order valence-corrected chi connectivity index (χ4v) is 3.69. The first-order valence-electron chi connectivity index (χ1n) is 6.78. The van der Waals surface area contributed by atoms with Gasteiger partial charge in [-0.05, 0) is 50.8 Å². The average Bonchev–Trinajstić information content (AvgIpc) is 2.61. The van der Waals surface area contributed by atoms with Gasteiger partial charge in [0.2, 0.25) is 0 Å². The van der Waals surface area contributed by atoms with E-state index in [0.717, 1.165) is 6.04 Å². The monoisotopic (exact) mass is 227 g/mol.